The van der Waals surface area contributed by atoms with E-state index >= 15 is 0 Å². The largest absolute Gasteiger partial charge is 0.467 e. The first-order valence-corrected chi connectivity index (χ1v) is 10.1. The molecule has 0 aliphatic carbocycles. The molecule has 5 rings (SSSR count). The molecule has 2 atom stereocenters. The van der Waals surface area contributed by atoms with Crippen LogP contribution in [0.1, 0.15) is 35.9 Å². The minimum absolute atomic E-state index is 0.285. The van der Waals surface area contributed by atoms with Crippen molar-refractivity contribution in [2.75, 3.05) is 13.1 Å². The molecule has 0 N–H and O–H groups in total. The van der Waals surface area contributed by atoms with E-state index in [1.54, 1.807) is 34.6 Å². The van der Waals surface area contributed by atoms with Crippen LogP contribution < -0.4 is 0 Å². The third kappa shape index (κ3) is 2.65. The zero-order chi connectivity index (χ0) is 19.3. The molecule has 9 heteroatoms. The van der Waals surface area contributed by atoms with Crippen molar-refractivity contribution in [3.8, 4) is 0 Å². The van der Waals surface area contributed by atoms with Gasteiger partial charge >= 0.3 is 6.03 Å². The number of hydrazone groups is 1. The molecule has 0 bridgehead atoms. The Bertz CT molecular complexity index is 931. The molecule has 0 saturated carbocycles. The van der Waals surface area contributed by atoms with Crippen molar-refractivity contribution < 1.29 is 18.8 Å². The lowest BCUT2D eigenvalue weighted by atomic mass is 10.1. The second-order valence-electron chi connectivity index (χ2n) is 7.06. The number of thiophene rings is 1. The highest BCUT2D eigenvalue weighted by Crippen LogP contribution is 2.35. The lowest BCUT2D eigenvalue weighted by Gasteiger charge is -2.22. The van der Waals surface area contributed by atoms with Crippen LogP contribution in [0.2, 0.25) is 0 Å². The normalized spacial score (nSPS) is 24.3. The Morgan fingerprint density at radius 1 is 1.25 bits per heavy atom. The van der Waals surface area contributed by atoms with Crippen LogP contribution in [-0.4, -0.2) is 57.5 Å². The maximum absolute atomic E-state index is 13.0. The predicted molar refractivity (Wildman–Crippen MR) is 101 cm³/mol. The first-order chi connectivity index (χ1) is 13.6. The molecule has 4 amide bonds. The summed E-state index contributed by atoms with van der Waals surface area (Å²) in [6.07, 6.45) is 3.57. The van der Waals surface area contributed by atoms with Crippen molar-refractivity contribution in [2.24, 2.45) is 5.10 Å². The van der Waals surface area contributed by atoms with Crippen LogP contribution in [0, 0.1) is 0 Å². The van der Waals surface area contributed by atoms with Gasteiger partial charge in [-0.1, -0.05) is 6.07 Å². The summed E-state index contributed by atoms with van der Waals surface area (Å²) in [4.78, 5) is 41.7. The molecule has 3 aliphatic heterocycles. The van der Waals surface area contributed by atoms with Gasteiger partial charge in [-0.05, 0) is 36.4 Å². The number of urea groups is 1. The Hall–Kier alpha value is -2.94. The molecule has 2 aromatic rings. The van der Waals surface area contributed by atoms with E-state index in [0.29, 0.717) is 25.1 Å². The van der Waals surface area contributed by atoms with Gasteiger partial charge in [-0.2, -0.15) is 5.10 Å². The van der Waals surface area contributed by atoms with Crippen LogP contribution in [-0.2, 0) is 9.59 Å². The van der Waals surface area contributed by atoms with Crippen LogP contribution in [0.25, 0.3) is 0 Å². The summed E-state index contributed by atoms with van der Waals surface area (Å²) >= 11 is 1.55. The Kier molecular flexibility index (Phi) is 4.04. The number of furan rings is 1. The summed E-state index contributed by atoms with van der Waals surface area (Å²) in [6.45, 7) is 0.266. The van der Waals surface area contributed by atoms with E-state index in [4.69, 9.17) is 4.42 Å². The minimum Gasteiger partial charge on any atom is -0.467 e. The van der Waals surface area contributed by atoms with Crippen molar-refractivity contribution >= 4 is 34.9 Å². The van der Waals surface area contributed by atoms with Gasteiger partial charge < -0.3 is 9.32 Å². The molecule has 0 radical (unpaired) electrons. The van der Waals surface area contributed by atoms with Gasteiger partial charge in [0, 0.05) is 13.0 Å². The Morgan fingerprint density at radius 3 is 2.86 bits per heavy atom. The van der Waals surface area contributed by atoms with E-state index in [-0.39, 0.29) is 24.5 Å². The van der Waals surface area contributed by atoms with E-state index in [9.17, 15) is 14.4 Å². The van der Waals surface area contributed by atoms with Crippen molar-refractivity contribution in [1.29, 1.82) is 0 Å². The maximum Gasteiger partial charge on any atom is 0.327 e. The van der Waals surface area contributed by atoms with Gasteiger partial charge in [0.25, 0.3) is 11.8 Å². The quantitative estimate of drug-likeness (QED) is 0.741. The first kappa shape index (κ1) is 17.2. The molecular formula is C19H18N4O4S. The van der Waals surface area contributed by atoms with Crippen molar-refractivity contribution in [2.45, 2.75) is 31.3 Å². The van der Waals surface area contributed by atoms with Gasteiger partial charge in [-0.25, -0.2) is 9.80 Å². The number of hydrogen-bond acceptors (Lipinski definition) is 6. The monoisotopic (exact) mass is 398 g/mol. The fourth-order valence-electron chi connectivity index (χ4n) is 4.07. The predicted octanol–water partition coefficient (Wildman–Crippen LogP) is 2.45. The van der Waals surface area contributed by atoms with E-state index in [1.165, 1.54) is 5.01 Å². The highest BCUT2D eigenvalue weighted by Gasteiger charge is 2.48. The fraction of sp³-hybridized carbons (Fsp3) is 0.368. The summed E-state index contributed by atoms with van der Waals surface area (Å²) < 4.78 is 5.52. The van der Waals surface area contributed by atoms with Gasteiger partial charge in [0.05, 0.1) is 16.9 Å². The fourth-order valence-corrected chi connectivity index (χ4v) is 4.79. The zero-order valence-corrected chi connectivity index (χ0v) is 15.8. The average Bonchev–Trinajstić information content (AvgIpc) is 3.50. The van der Waals surface area contributed by atoms with Gasteiger partial charge in [0.1, 0.15) is 24.4 Å². The molecule has 0 unspecified atom stereocenters. The molecule has 2 fully saturated rings. The van der Waals surface area contributed by atoms with Gasteiger partial charge in [-0.3, -0.25) is 14.5 Å². The van der Waals surface area contributed by atoms with Crippen LogP contribution in [0.5, 0.6) is 0 Å². The molecule has 3 aliphatic rings. The second kappa shape index (κ2) is 6.59. The van der Waals surface area contributed by atoms with Crippen molar-refractivity contribution in [1.82, 2.24) is 14.8 Å². The molecule has 144 valence electrons. The van der Waals surface area contributed by atoms with Crippen molar-refractivity contribution in [3.05, 3.63) is 46.5 Å². The van der Waals surface area contributed by atoms with Crippen LogP contribution in [0.15, 0.2) is 45.4 Å². The smallest absolute Gasteiger partial charge is 0.327 e. The number of rotatable bonds is 4. The number of fused-ring (bicyclic) bond motifs is 1. The third-order valence-electron chi connectivity index (χ3n) is 5.42. The summed E-state index contributed by atoms with van der Waals surface area (Å²) in [5.74, 6) is -0.0498. The Labute approximate surface area is 165 Å². The Morgan fingerprint density at radius 2 is 2.14 bits per heavy atom. The minimum atomic E-state index is -0.412. The van der Waals surface area contributed by atoms with Crippen molar-refractivity contribution in [3.63, 3.8) is 0 Å². The number of hydrogen-bond donors (Lipinski definition) is 0. The van der Waals surface area contributed by atoms with E-state index in [2.05, 4.69) is 5.10 Å². The standard InChI is InChI=1S/C19H18N4O4S/c24-17(11-22-18(25)13-4-1-7-21(13)19(22)26)23-14(15-5-2-8-27-15)10-12(20-23)16-6-3-9-28-16/h2-3,5-6,8-9,13-14H,1,4,7,10-11H2/t13-,14+/m0/s1. The highest BCUT2D eigenvalue weighted by atomic mass is 32.1. The van der Waals surface area contributed by atoms with Crippen LogP contribution >= 0.6 is 11.3 Å². The molecule has 28 heavy (non-hydrogen) atoms. The lowest BCUT2D eigenvalue weighted by Crippen LogP contribution is -2.42. The molecule has 5 heterocycles. The number of carbonyl (C=O) groups excluding carboxylic acids is 3. The highest BCUT2D eigenvalue weighted by molar-refractivity contribution is 7.12. The van der Waals surface area contributed by atoms with Gasteiger partial charge in [-0.15, -0.1) is 11.3 Å². The number of amides is 4. The van der Waals surface area contributed by atoms with Crippen LogP contribution in [0.4, 0.5) is 4.79 Å². The molecule has 0 aromatic carbocycles. The SMILES string of the molecule is O=C1[C@@H]2CCCN2C(=O)N1CC(=O)N1N=C(c2cccs2)C[C@@H]1c1ccco1. The number of carbonyl (C=O) groups is 3. The summed E-state index contributed by atoms with van der Waals surface area (Å²) in [6, 6.07) is 6.29. The van der Waals surface area contributed by atoms with Gasteiger partial charge in [0.2, 0.25) is 0 Å². The molecule has 2 aromatic heterocycles. The van der Waals surface area contributed by atoms with Crippen LogP contribution in [0.3, 0.4) is 0 Å². The molecule has 0 spiro atoms. The molecular weight excluding hydrogens is 380 g/mol. The summed E-state index contributed by atoms with van der Waals surface area (Å²) in [7, 11) is 0. The summed E-state index contributed by atoms with van der Waals surface area (Å²) in [5.41, 5.74) is 0.796. The first-order valence-electron chi connectivity index (χ1n) is 9.22. The second-order valence-corrected chi connectivity index (χ2v) is 8.00. The van der Waals surface area contributed by atoms with E-state index in [1.807, 2.05) is 17.5 Å². The number of nitrogens with zero attached hydrogens (tertiary/aromatic N) is 4. The molecule has 8 nitrogen and oxygen atoms in total. The third-order valence-corrected chi connectivity index (χ3v) is 6.34. The van der Waals surface area contributed by atoms with E-state index < -0.39 is 11.9 Å². The van der Waals surface area contributed by atoms with E-state index in [0.717, 1.165) is 21.9 Å². The Balaban J connectivity index is 1.40. The maximum atomic E-state index is 13.0. The lowest BCUT2D eigenvalue weighted by molar-refractivity contribution is -0.138. The number of imide groups is 1. The average molecular weight is 398 g/mol. The molecule has 2 saturated heterocycles. The topological polar surface area (TPSA) is 86.4 Å². The summed E-state index contributed by atoms with van der Waals surface area (Å²) in [5, 5.41) is 7.84. The van der Waals surface area contributed by atoms with Gasteiger partial charge in [0.15, 0.2) is 0 Å². The zero-order valence-electron chi connectivity index (χ0n) is 15.0.